The zero-order valence-corrected chi connectivity index (χ0v) is 18.9. The second-order valence-corrected chi connectivity index (χ2v) is 7.80. The summed E-state index contributed by atoms with van der Waals surface area (Å²) in [5.74, 6) is -1.31. The van der Waals surface area contributed by atoms with Crippen LogP contribution in [0.5, 0.6) is 5.75 Å². The monoisotopic (exact) mass is 461 g/mol. The Morgan fingerprint density at radius 3 is 2.56 bits per heavy atom. The maximum absolute atomic E-state index is 14.3. The standard InChI is InChI=1S/C24H24FN7O2/c1-31-10-12-32(13-11-31)18-8-6-17(7-9-18)28-24-27-15-16(14-26)22(30-24)29-23(33)21-19(25)4-3-5-20(21)34-2/h3-9,15H,10-13H2,1-2H3,(H2,27,28,29,30,33). The van der Waals surface area contributed by atoms with Crippen molar-refractivity contribution in [1.82, 2.24) is 14.9 Å². The number of aromatic nitrogens is 2. The molecule has 0 unspecified atom stereocenters. The van der Waals surface area contributed by atoms with E-state index >= 15 is 0 Å². The van der Waals surface area contributed by atoms with Gasteiger partial charge in [-0.05, 0) is 43.4 Å². The van der Waals surface area contributed by atoms with Crippen molar-refractivity contribution in [3.8, 4) is 11.8 Å². The van der Waals surface area contributed by atoms with Crippen LogP contribution in [0.1, 0.15) is 15.9 Å². The van der Waals surface area contributed by atoms with Crippen LogP contribution in [0, 0.1) is 17.1 Å². The van der Waals surface area contributed by atoms with Gasteiger partial charge in [0.1, 0.15) is 28.8 Å². The summed E-state index contributed by atoms with van der Waals surface area (Å²) in [6.07, 6.45) is 1.29. The van der Waals surface area contributed by atoms with Crippen molar-refractivity contribution in [2.45, 2.75) is 0 Å². The molecule has 1 fully saturated rings. The van der Waals surface area contributed by atoms with Gasteiger partial charge in [-0.25, -0.2) is 9.37 Å². The van der Waals surface area contributed by atoms with E-state index in [1.807, 2.05) is 30.3 Å². The summed E-state index contributed by atoms with van der Waals surface area (Å²) in [4.78, 5) is 25.8. The van der Waals surface area contributed by atoms with Crippen molar-refractivity contribution in [2.75, 3.05) is 55.9 Å². The molecule has 0 radical (unpaired) electrons. The number of piperazine rings is 1. The van der Waals surface area contributed by atoms with Gasteiger partial charge >= 0.3 is 0 Å². The maximum atomic E-state index is 14.3. The van der Waals surface area contributed by atoms with Gasteiger partial charge in [0.25, 0.3) is 5.91 Å². The second-order valence-electron chi connectivity index (χ2n) is 7.80. The fourth-order valence-electron chi connectivity index (χ4n) is 3.63. The summed E-state index contributed by atoms with van der Waals surface area (Å²) in [5, 5.41) is 15.0. The fourth-order valence-corrected chi connectivity index (χ4v) is 3.63. The molecule has 0 bridgehead atoms. The van der Waals surface area contributed by atoms with Crippen LogP contribution >= 0.6 is 0 Å². The number of nitrogens with zero attached hydrogens (tertiary/aromatic N) is 5. The summed E-state index contributed by atoms with van der Waals surface area (Å²) >= 11 is 0. The number of benzene rings is 2. The van der Waals surface area contributed by atoms with Gasteiger partial charge in [0.05, 0.1) is 13.3 Å². The summed E-state index contributed by atoms with van der Waals surface area (Å²) < 4.78 is 19.4. The van der Waals surface area contributed by atoms with E-state index in [1.54, 1.807) is 0 Å². The third-order valence-electron chi connectivity index (χ3n) is 5.56. The first kappa shape index (κ1) is 22.9. The lowest BCUT2D eigenvalue weighted by Crippen LogP contribution is -2.44. The molecule has 1 saturated heterocycles. The molecule has 4 rings (SSSR count). The lowest BCUT2D eigenvalue weighted by atomic mass is 10.1. The highest BCUT2D eigenvalue weighted by Crippen LogP contribution is 2.25. The molecule has 2 N–H and O–H groups in total. The van der Waals surface area contributed by atoms with Gasteiger partial charge in [0.15, 0.2) is 5.82 Å². The number of carbonyl (C=O) groups excluding carboxylic acids is 1. The number of rotatable bonds is 6. The highest BCUT2D eigenvalue weighted by Gasteiger charge is 2.20. The Hall–Kier alpha value is -4.23. The van der Waals surface area contributed by atoms with E-state index < -0.39 is 11.7 Å². The fraction of sp³-hybridized carbons (Fsp3) is 0.250. The van der Waals surface area contributed by atoms with Crippen molar-refractivity contribution in [3.05, 3.63) is 65.6 Å². The number of likely N-dealkylation sites (N-methyl/N-ethyl adjacent to an activating group) is 1. The highest BCUT2D eigenvalue weighted by molar-refractivity contribution is 6.06. The Kier molecular flexibility index (Phi) is 6.85. The average molecular weight is 462 g/mol. The Morgan fingerprint density at radius 2 is 1.88 bits per heavy atom. The number of ether oxygens (including phenoxy) is 1. The first-order valence-corrected chi connectivity index (χ1v) is 10.7. The van der Waals surface area contributed by atoms with Crippen LogP contribution in [-0.4, -0.2) is 61.1 Å². The summed E-state index contributed by atoms with van der Waals surface area (Å²) in [5.41, 5.74) is 1.64. The topological polar surface area (TPSA) is 106 Å². The van der Waals surface area contributed by atoms with Gasteiger partial charge in [-0.3, -0.25) is 4.79 Å². The molecule has 1 amide bonds. The molecule has 0 aliphatic carbocycles. The lowest BCUT2D eigenvalue weighted by Gasteiger charge is -2.34. The zero-order chi connectivity index (χ0) is 24.1. The molecule has 1 aliphatic heterocycles. The van der Waals surface area contributed by atoms with Crippen LogP contribution in [0.4, 0.5) is 27.5 Å². The Morgan fingerprint density at radius 1 is 1.15 bits per heavy atom. The van der Waals surface area contributed by atoms with Crippen molar-refractivity contribution in [3.63, 3.8) is 0 Å². The first-order valence-electron chi connectivity index (χ1n) is 10.7. The number of halogens is 1. The number of nitriles is 1. The molecule has 9 nitrogen and oxygen atoms in total. The minimum Gasteiger partial charge on any atom is -0.496 e. The maximum Gasteiger partial charge on any atom is 0.263 e. The van der Waals surface area contributed by atoms with E-state index in [2.05, 4.69) is 37.4 Å². The number of carbonyl (C=O) groups is 1. The van der Waals surface area contributed by atoms with Crippen LogP contribution < -0.4 is 20.3 Å². The molecule has 0 saturated carbocycles. The number of anilines is 4. The SMILES string of the molecule is COc1cccc(F)c1C(=O)Nc1nc(Nc2ccc(N3CCN(C)CC3)cc2)ncc1C#N. The Labute approximate surface area is 196 Å². The van der Waals surface area contributed by atoms with E-state index in [4.69, 9.17) is 4.74 Å². The molecular formula is C24H24FN7O2. The van der Waals surface area contributed by atoms with Gasteiger partial charge < -0.3 is 25.2 Å². The number of methoxy groups -OCH3 is 1. The highest BCUT2D eigenvalue weighted by atomic mass is 19.1. The minimum atomic E-state index is -0.785. The van der Waals surface area contributed by atoms with E-state index in [0.717, 1.165) is 43.6 Å². The normalized spacial score (nSPS) is 13.8. The van der Waals surface area contributed by atoms with Crippen molar-refractivity contribution < 1.29 is 13.9 Å². The lowest BCUT2D eigenvalue weighted by molar-refractivity contribution is 0.101. The Bertz CT molecular complexity index is 1220. The molecule has 1 aliphatic rings. The van der Waals surface area contributed by atoms with Gasteiger partial charge in [-0.2, -0.15) is 10.2 Å². The molecule has 2 heterocycles. The van der Waals surface area contributed by atoms with Crippen molar-refractivity contribution >= 4 is 29.0 Å². The largest absolute Gasteiger partial charge is 0.496 e. The molecule has 0 atom stereocenters. The summed E-state index contributed by atoms with van der Waals surface area (Å²) in [6.45, 7) is 3.98. The molecule has 3 aromatic rings. The van der Waals surface area contributed by atoms with Crippen LogP contribution in [0.25, 0.3) is 0 Å². The van der Waals surface area contributed by atoms with Crippen LogP contribution in [0.2, 0.25) is 0 Å². The smallest absolute Gasteiger partial charge is 0.263 e. The quantitative estimate of drug-likeness (QED) is 0.576. The van der Waals surface area contributed by atoms with Gasteiger partial charge in [-0.1, -0.05) is 6.07 Å². The predicted molar refractivity (Wildman–Crippen MR) is 127 cm³/mol. The molecule has 10 heteroatoms. The molecular weight excluding hydrogens is 437 g/mol. The molecule has 2 aromatic carbocycles. The predicted octanol–water partition coefficient (Wildman–Crippen LogP) is 3.24. The van der Waals surface area contributed by atoms with Gasteiger partial charge in [-0.15, -0.1) is 0 Å². The number of nitrogens with one attached hydrogen (secondary N) is 2. The number of hydrogen-bond donors (Lipinski definition) is 2. The van der Waals surface area contributed by atoms with E-state index in [-0.39, 0.29) is 28.6 Å². The summed E-state index contributed by atoms with van der Waals surface area (Å²) in [7, 11) is 3.46. The molecule has 34 heavy (non-hydrogen) atoms. The molecule has 1 aromatic heterocycles. The summed E-state index contributed by atoms with van der Waals surface area (Å²) in [6, 6.07) is 13.9. The van der Waals surface area contributed by atoms with E-state index in [1.165, 1.54) is 25.4 Å². The van der Waals surface area contributed by atoms with Crippen LogP contribution in [-0.2, 0) is 0 Å². The second kappa shape index (κ2) is 10.1. The first-order chi connectivity index (χ1) is 16.5. The Balaban J connectivity index is 1.51. The van der Waals surface area contributed by atoms with Crippen molar-refractivity contribution in [1.29, 1.82) is 5.26 Å². The minimum absolute atomic E-state index is 0.0376. The van der Waals surface area contributed by atoms with E-state index in [0.29, 0.717) is 0 Å². The number of amides is 1. The van der Waals surface area contributed by atoms with Crippen LogP contribution in [0.15, 0.2) is 48.7 Å². The van der Waals surface area contributed by atoms with Gasteiger partial charge in [0, 0.05) is 37.6 Å². The number of hydrogen-bond acceptors (Lipinski definition) is 8. The van der Waals surface area contributed by atoms with Crippen LogP contribution in [0.3, 0.4) is 0 Å². The molecule has 0 spiro atoms. The zero-order valence-electron chi connectivity index (χ0n) is 18.9. The third kappa shape index (κ3) is 5.05. The van der Waals surface area contributed by atoms with E-state index in [9.17, 15) is 14.4 Å². The van der Waals surface area contributed by atoms with Crippen molar-refractivity contribution in [2.24, 2.45) is 0 Å². The van der Waals surface area contributed by atoms with Gasteiger partial charge in [0.2, 0.25) is 5.95 Å². The molecule has 174 valence electrons. The average Bonchev–Trinajstić information content (AvgIpc) is 2.85. The third-order valence-corrected chi connectivity index (χ3v) is 5.56.